The average Bonchev–Trinajstić information content (AvgIpc) is 2.28. The maximum Gasteiger partial charge on any atom is -0.0227 e. The van der Waals surface area contributed by atoms with Crippen LogP contribution >= 0.6 is 0 Å². The van der Waals surface area contributed by atoms with Crippen molar-refractivity contribution in [2.45, 2.75) is 46.5 Å². The minimum absolute atomic E-state index is 1.14. The van der Waals surface area contributed by atoms with Crippen LogP contribution in [-0.2, 0) is 19.3 Å². The van der Waals surface area contributed by atoms with Crippen molar-refractivity contribution >= 4 is 6.08 Å². The minimum Gasteiger partial charge on any atom is -0.0985 e. The first kappa shape index (κ1) is 12.0. The summed E-state index contributed by atoms with van der Waals surface area (Å²) in [5, 5.41) is 0. The number of hydrogen-bond donors (Lipinski definition) is 0. The van der Waals surface area contributed by atoms with Gasteiger partial charge >= 0.3 is 0 Å². The molecule has 0 fully saturated rings. The summed E-state index contributed by atoms with van der Waals surface area (Å²) in [5.41, 5.74) is 5.91. The normalized spacial score (nSPS) is 10.3. The van der Waals surface area contributed by atoms with E-state index >= 15 is 0 Å². The van der Waals surface area contributed by atoms with Crippen LogP contribution in [-0.4, -0.2) is 0 Å². The van der Waals surface area contributed by atoms with Crippen LogP contribution in [0.4, 0.5) is 0 Å². The largest absolute Gasteiger partial charge is 0.0985 e. The minimum atomic E-state index is 1.14. The Kier molecular flexibility index (Phi) is 4.61. The molecule has 0 N–H and O–H groups in total. The Morgan fingerprint density at radius 1 is 1.07 bits per heavy atom. The smallest absolute Gasteiger partial charge is 0.0227 e. The highest BCUT2D eigenvalue weighted by molar-refractivity contribution is 5.56. The quantitative estimate of drug-likeness (QED) is 0.663. The number of rotatable bonds is 5. The summed E-state index contributed by atoms with van der Waals surface area (Å²) in [6.45, 7) is 10.6. The van der Waals surface area contributed by atoms with E-state index in [1.165, 1.54) is 29.5 Å². The number of aryl methyl sites for hydroxylation is 1. The van der Waals surface area contributed by atoms with Crippen LogP contribution < -0.4 is 0 Å². The standard InChI is InChI=1S/C15H22/c1-5-9-15-13(7-3)11-10-12(6-2)14(15)8-4/h7,10-11H,3,5-6,8-9H2,1-2,4H3. The third-order valence-corrected chi connectivity index (χ3v) is 3.02. The van der Waals surface area contributed by atoms with Gasteiger partial charge < -0.3 is 0 Å². The second-order valence-corrected chi connectivity index (χ2v) is 3.93. The van der Waals surface area contributed by atoms with E-state index in [1.54, 1.807) is 5.56 Å². The molecule has 0 unspecified atom stereocenters. The molecule has 0 aliphatic heterocycles. The first-order chi connectivity index (χ1) is 7.28. The summed E-state index contributed by atoms with van der Waals surface area (Å²) in [4.78, 5) is 0. The summed E-state index contributed by atoms with van der Waals surface area (Å²) < 4.78 is 0. The van der Waals surface area contributed by atoms with Gasteiger partial charge in [0.1, 0.15) is 0 Å². The highest BCUT2D eigenvalue weighted by Crippen LogP contribution is 2.23. The Hall–Kier alpha value is -1.04. The van der Waals surface area contributed by atoms with Gasteiger partial charge in [0.25, 0.3) is 0 Å². The molecule has 0 aromatic heterocycles. The van der Waals surface area contributed by atoms with Crippen LogP contribution in [0.2, 0.25) is 0 Å². The molecule has 0 bridgehead atoms. The third-order valence-electron chi connectivity index (χ3n) is 3.02. The molecule has 0 nitrogen and oxygen atoms in total. The number of hydrogen-bond acceptors (Lipinski definition) is 0. The fourth-order valence-electron chi connectivity index (χ4n) is 2.27. The molecule has 0 amide bonds. The lowest BCUT2D eigenvalue weighted by atomic mass is 9.90. The van der Waals surface area contributed by atoms with Crippen LogP contribution in [0, 0.1) is 0 Å². The summed E-state index contributed by atoms with van der Waals surface area (Å²) in [6, 6.07) is 4.48. The average molecular weight is 202 g/mol. The van der Waals surface area contributed by atoms with Crippen LogP contribution in [0.5, 0.6) is 0 Å². The SMILES string of the molecule is C=Cc1ccc(CC)c(CC)c1CCC. The van der Waals surface area contributed by atoms with Crippen LogP contribution in [0.15, 0.2) is 18.7 Å². The lowest BCUT2D eigenvalue weighted by Crippen LogP contribution is -2.01. The van der Waals surface area contributed by atoms with Crippen molar-refractivity contribution in [3.63, 3.8) is 0 Å². The van der Waals surface area contributed by atoms with E-state index in [-0.39, 0.29) is 0 Å². The predicted molar refractivity (Wildman–Crippen MR) is 69.3 cm³/mol. The van der Waals surface area contributed by atoms with E-state index < -0.39 is 0 Å². The molecule has 0 saturated heterocycles. The molecule has 15 heavy (non-hydrogen) atoms. The molecule has 0 heteroatoms. The summed E-state index contributed by atoms with van der Waals surface area (Å²) in [7, 11) is 0. The lowest BCUT2D eigenvalue weighted by Gasteiger charge is -2.15. The Morgan fingerprint density at radius 2 is 1.80 bits per heavy atom. The van der Waals surface area contributed by atoms with Crippen molar-refractivity contribution in [3.05, 3.63) is 41.0 Å². The second kappa shape index (κ2) is 5.75. The fourth-order valence-corrected chi connectivity index (χ4v) is 2.27. The van der Waals surface area contributed by atoms with E-state index in [0.29, 0.717) is 0 Å². The molecular weight excluding hydrogens is 180 g/mol. The van der Waals surface area contributed by atoms with Gasteiger partial charge in [-0.1, -0.05) is 52.0 Å². The Labute approximate surface area is 94.0 Å². The summed E-state index contributed by atoms with van der Waals surface area (Å²) in [6.07, 6.45) is 6.65. The Balaban J connectivity index is 3.30. The fraction of sp³-hybridized carbons (Fsp3) is 0.467. The van der Waals surface area contributed by atoms with Crippen molar-refractivity contribution in [2.75, 3.05) is 0 Å². The molecular formula is C15H22. The monoisotopic (exact) mass is 202 g/mol. The molecule has 1 aromatic rings. The molecule has 0 aliphatic carbocycles. The van der Waals surface area contributed by atoms with Crippen LogP contribution in [0.25, 0.3) is 6.08 Å². The molecule has 82 valence electrons. The predicted octanol–water partition coefficient (Wildman–Crippen LogP) is 4.41. The molecule has 1 rings (SSSR count). The zero-order valence-electron chi connectivity index (χ0n) is 10.3. The van der Waals surface area contributed by atoms with Crippen molar-refractivity contribution < 1.29 is 0 Å². The molecule has 0 saturated carbocycles. The van der Waals surface area contributed by atoms with Crippen molar-refractivity contribution in [2.24, 2.45) is 0 Å². The maximum atomic E-state index is 3.90. The van der Waals surface area contributed by atoms with Crippen molar-refractivity contribution in [1.29, 1.82) is 0 Å². The van der Waals surface area contributed by atoms with E-state index in [9.17, 15) is 0 Å². The molecule has 0 spiro atoms. The van der Waals surface area contributed by atoms with Gasteiger partial charge in [-0.05, 0) is 41.5 Å². The maximum absolute atomic E-state index is 3.90. The molecule has 0 aliphatic rings. The van der Waals surface area contributed by atoms with E-state index in [1.807, 2.05) is 6.08 Å². The molecule has 0 atom stereocenters. The van der Waals surface area contributed by atoms with Gasteiger partial charge in [0, 0.05) is 0 Å². The summed E-state index contributed by atoms with van der Waals surface area (Å²) in [5.74, 6) is 0. The van der Waals surface area contributed by atoms with Crippen molar-refractivity contribution in [1.82, 2.24) is 0 Å². The number of benzene rings is 1. The van der Waals surface area contributed by atoms with Gasteiger partial charge in [0.05, 0.1) is 0 Å². The van der Waals surface area contributed by atoms with Gasteiger partial charge in [-0.3, -0.25) is 0 Å². The van der Waals surface area contributed by atoms with Crippen molar-refractivity contribution in [3.8, 4) is 0 Å². The molecule has 0 heterocycles. The van der Waals surface area contributed by atoms with Gasteiger partial charge in [-0.25, -0.2) is 0 Å². The van der Waals surface area contributed by atoms with Gasteiger partial charge in [-0.15, -0.1) is 0 Å². The van der Waals surface area contributed by atoms with Crippen LogP contribution in [0.1, 0.15) is 49.4 Å². The first-order valence-electron chi connectivity index (χ1n) is 6.04. The zero-order chi connectivity index (χ0) is 11.3. The second-order valence-electron chi connectivity index (χ2n) is 3.93. The van der Waals surface area contributed by atoms with E-state index in [2.05, 4.69) is 39.5 Å². The molecule has 1 aromatic carbocycles. The first-order valence-corrected chi connectivity index (χ1v) is 6.04. The zero-order valence-corrected chi connectivity index (χ0v) is 10.3. The summed E-state index contributed by atoms with van der Waals surface area (Å²) >= 11 is 0. The van der Waals surface area contributed by atoms with E-state index in [0.717, 1.165) is 12.8 Å². The Morgan fingerprint density at radius 3 is 2.27 bits per heavy atom. The van der Waals surface area contributed by atoms with Gasteiger partial charge in [0.15, 0.2) is 0 Å². The lowest BCUT2D eigenvalue weighted by molar-refractivity contribution is 0.884. The topological polar surface area (TPSA) is 0 Å². The highest BCUT2D eigenvalue weighted by Gasteiger charge is 2.08. The van der Waals surface area contributed by atoms with Crippen LogP contribution in [0.3, 0.4) is 0 Å². The van der Waals surface area contributed by atoms with E-state index in [4.69, 9.17) is 0 Å². The van der Waals surface area contributed by atoms with Gasteiger partial charge in [-0.2, -0.15) is 0 Å². The highest BCUT2D eigenvalue weighted by atomic mass is 14.1. The third kappa shape index (κ3) is 2.50. The molecule has 0 radical (unpaired) electrons. The Bertz CT molecular complexity index is 334. The van der Waals surface area contributed by atoms with Gasteiger partial charge in [0.2, 0.25) is 0 Å².